The van der Waals surface area contributed by atoms with Crippen molar-refractivity contribution in [2.75, 3.05) is 0 Å². The number of aryl methyl sites for hydroxylation is 2. The summed E-state index contributed by atoms with van der Waals surface area (Å²) >= 11 is 0. The molecule has 3 rings (SSSR count). The van der Waals surface area contributed by atoms with Crippen LogP contribution in [-0.2, 0) is 6.42 Å². The molecule has 2 heterocycles. The van der Waals surface area contributed by atoms with Crippen LogP contribution in [0, 0.1) is 19.7 Å². The third-order valence-electron chi connectivity index (χ3n) is 4.63. The number of carboxylic acid groups (broad SMARTS) is 1. The van der Waals surface area contributed by atoms with Gasteiger partial charge in [0.25, 0.3) is 0 Å². The molecule has 0 aliphatic carbocycles. The van der Waals surface area contributed by atoms with Crippen molar-refractivity contribution in [2.45, 2.75) is 32.8 Å². The number of carbonyl (C=O) groups is 1. The van der Waals surface area contributed by atoms with Gasteiger partial charge in [0.2, 0.25) is 0 Å². The number of rotatable bonds is 5. The first-order valence-electron chi connectivity index (χ1n) is 8.17. The fourth-order valence-electron chi connectivity index (χ4n) is 3.04. The lowest BCUT2D eigenvalue weighted by Crippen LogP contribution is -2.09. The van der Waals surface area contributed by atoms with Crippen molar-refractivity contribution in [1.82, 2.24) is 9.38 Å². The van der Waals surface area contributed by atoms with Crippen LogP contribution in [-0.4, -0.2) is 30.7 Å². The molecular formula is C19H19FN2O4. The molecule has 0 aliphatic rings. The van der Waals surface area contributed by atoms with Gasteiger partial charge in [0, 0.05) is 23.0 Å². The highest BCUT2D eigenvalue weighted by Crippen LogP contribution is 2.31. The van der Waals surface area contributed by atoms with Gasteiger partial charge < -0.3 is 19.7 Å². The maximum atomic E-state index is 13.8. The van der Waals surface area contributed by atoms with E-state index in [1.165, 1.54) is 28.8 Å². The molecule has 1 atom stereocenters. The zero-order valence-electron chi connectivity index (χ0n) is 14.4. The largest absolute Gasteiger partial charge is 0.504 e. The monoisotopic (exact) mass is 358 g/mol. The predicted molar refractivity (Wildman–Crippen MR) is 93.0 cm³/mol. The number of halogens is 1. The molecule has 0 amide bonds. The average molecular weight is 358 g/mol. The molecule has 0 aliphatic heterocycles. The molecule has 2 aromatic heterocycles. The molecule has 3 aromatic rings. The number of hydrogen-bond acceptors (Lipinski definition) is 4. The zero-order valence-corrected chi connectivity index (χ0v) is 14.4. The van der Waals surface area contributed by atoms with Crippen molar-refractivity contribution < 1.29 is 24.5 Å². The lowest BCUT2D eigenvalue weighted by atomic mass is 9.98. The van der Waals surface area contributed by atoms with Gasteiger partial charge in [-0.05, 0) is 32.8 Å². The lowest BCUT2D eigenvalue weighted by molar-refractivity contribution is 0.0693. The molecule has 0 fully saturated rings. The third-order valence-corrected chi connectivity index (χ3v) is 4.63. The molecule has 1 unspecified atom stereocenters. The first kappa shape index (κ1) is 17.9. The van der Waals surface area contributed by atoms with Crippen LogP contribution in [0.2, 0.25) is 0 Å². The minimum atomic E-state index is -1.19. The number of aliphatic hydroxyl groups is 1. The summed E-state index contributed by atoms with van der Waals surface area (Å²) in [6.07, 6.45) is 0.419. The molecule has 7 heteroatoms. The van der Waals surface area contributed by atoms with Crippen LogP contribution in [0.4, 0.5) is 4.39 Å². The van der Waals surface area contributed by atoms with Gasteiger partial charge in [0.05, 0.1) is 17.4 Å². The van der Waals surface area contributed by atoms with Crippen molar-refractivity contribution in [3.8, 4) is 5.75 Å². The number of nitrogens with zero attached hydrogens (tertiary/aromatic N) is 2. The third kappa shape index (κ3) is 3.01. The minimum absolute atomic E-state index is 0.0591. The highest BCUT2D eigenvalue weighted by atomic mass is 19.1. The summed E-state index contributed by atoms with van der Waals surface area (Å²) < 4.78 is 15.3. The minimum Gasteiger partial charge on any atom is -0.504 e. The van der Waals surface area contributed by atoms with E-state index in [1.807, 2.05) is 0 Å². The van der Waals surface area contributed by atoms with Crippen molar-refractivity contribution in [3.05, 3.63) is 64.4 Å². The number of aliphatic hydroxyl groups excluding tert-OH is 1. The van der Waals surface area contributed by atoms with Crippen molar-refractivity contribution >= 4 is 11.6 Å². The molecule has 1 aromatic carbocycles. The van der Waals surface area contributed by atoms with Crippen LogP contribution in [0.25, 0.3) is 5.65 Å². The Hall–Kier alpha value is -2.93. The van der Waals surface area contributed by atoms with E-state index >= 15 is 0 Å². The standard InChI is InChI=1S/C19H19FN2O4/c1-10-11(2)22-9-14(19(25)26)12(17(24)18(22)21-10)7-8-16(23)13-5-3-4-6-15(13)20/h3-6,9,16,23-24H,7-8H2,1-2H3,(H,25,26). The maximum absolute atomic E-state index is 13.8. The highest BCUT2D eigenvalue weighted by Gasteiger charge is 2.22. The van der Waals surface area contributed by atoms with Gasteiger partial charge in [-0.25, -0.2) is 14.2 Å². The molecule has 0 spiro atoms. The smallest absolute Gasteiger partial charge is 0.337 e. The topological polar surface area (TPSA) is 95.1 Å². The molecule has 0 saturated heterocycles. The van der Waals surface area contributed by atoms with E-state index in [0.717, 1.165) is 5.69 Å². The van der Waals surface area contributed by atoms with E-state index < -0.39 is 17.9 Å². The fraction of sp³-hybridized carbons (Fsp3) is 0.263. The number of imidazole rings is 1. The number of aromatic nitrogens is 2. The summed E-state index contributed by atoms with van der Waals surface area (Å²) in [5.74, 6) is -1.96. The van der Waals surface area contributed by atoms with Gasteiger partial charge in [-0.3, -0.25) is 0 Å². The van der Waals surface area contributed by atoms with E-state index in [9.17, 15) is 24.5 Å². The molecule has 0 radical (unpaired) electrons. The summed E-state index contributed by atoms with van der Waals surface area (Å²) in [7, 11) is 0. The molecule has 3 N–H and O–H groups in total. The molecule has 136 valence electrons. The van der Waals surface area contributed by atoms with Crippen molar-refractivity contribution in [2.24, 2.45) is 0 Å². The summed E-state index contributed by atoms with van der Waals surface area (Å²) in [5.41, 5.74) is 1.91. The van der Waals surface area contributed by atoms with E-state index in [2.05, 4.69) is 4.98 Å². The second-order valence-corrected chi connectivity index (χ2v) is 6.23. The van der Waals surface area contributed by atoms with Crippen LogP contribution in [0.3, 0.4) is 0 Å². The quantitative estimate of drug-likeness (QED) is 0.651. The number of pyridine rings is 1. The lowest BCUT2D eigenvalue weighted by Gasteiger charge is -2.14. The second kappa shape index (κ2) is 6.76. The second-order valence-electron chi connectivity index (χ2n) is 6.23. The van der Waals surface area contributed by atoms with Gasteiger partial charge >= 0.3 is 5.97 Å². The first-order chi connectivity index (χ1) is 12.3. The van der Waals surface area contributed by atoms with E-state index in [1.54, 1.807) is 19.9 Å². The Kier molecular flexibility index (Phi) is 4.65. The van der Waals surface area contributed by atoms with Gasteiger partial charge in [0.1, 0.15) is 5.82 Å². The fourth-order valence-corrected chi connectivity index (χ4v) is 3.04. The van der Waals surface area contributed by atoms with Crippen molar-refractivity contribution in [1.29, 1.82) is 0 Å². The Labute approximate surface area is 149 Å². The Bertz CT molecular complexity index is 997. The van der Waals surface area contributed by atoms with Crippen LogP contribution in [0.1, 0.15) is 45.4 Å². The van der Waals surface area contributed by atoms with Crippen molar-refractivity contribution in [3.63, 3.8) is 0 Å². The van der Waals surface area contributed by atoms with Gasteiger partial charge in [-0.2, -0.15) is 0 Å². The Morgan fingerprint density at radius 2 is 2.00 bits per heavy atom. The number of benzene rings is 1. The van der Waals surface area contributed by atoms with Crippen LogP contribution in [0.15, 0.2) is 30.5 Å². The van der Waals surface area contributed by atoms with E-state index in [0.29, 0.717) is 5.69 Å². The zero-order chi connectivity index (χ0) is 19.0. The number of aromatic carboxylic acids is 1. The molecule has 6 nitrogen and oxygen atoms in total. The van der Waals surface area contributed by atoms with Crippen LogP contribution in [0.5, 0.6) is 5.75 Å². The van der Waals surface area contributed by atoms with Crippen LogP contribution < -0.4 is 0 Å². The van der Waals surface area contributed by atoms with Gasteiger partial charge in [-0.1, -0.05) is 18.2 Å². The van der Waals surface area contributed by atoms with E-state index in [-0.39, 0.29) is 40.9 Å². The van der Waals surface area contributed by atoms with E-state index in [4.69, 9.17) is 0 Å². The number of carboxylic acids is 1. The summed E-state index contributed by atoms with van der Waals surface area (Å²) in [5, 5.41) is 30.3. The number of aromatic hydroxyl groups is 1. The first-order valence-corrected chi connectivity index (χ1v) is 8.17. The molecule has 0 bridgehead atoms. The van der Waals surface area contributed by atoms with Crippen LogP contribution >= 0.6 is 0 Å². The Morgan fingerprint density at radius 1 is 1.31 bits per heavy atom. The van der Waals surface area contributed by atoms with Gasteiger partial charge in [0.15, 0.2) is 11.4 Å². The predicted octanol–water partition coefficient (Wildman–Crippen LogP) is 3.16. The maximum Gasteiger partial charge on any atom is 0.337 e. The Morgan fingerprint density at radius 3 is 2.65 bits per heavy atom. The normalized spacial score (nSPS) is 12.5. The number of hydrogen-bond donors (Lipinski definition) is 3. The summed E-state index contributed by atoms with van der Waals surface area (Å²) in [6.45, 7) is 3.55. The summed E-state index contributed by atoms with van der Waals surface area (Å²) in [6, 6.07) is 5.87. The molecule has 26 heavy (non-hydrogen) atoms. The van der Waals surface area contributed by atoms with Gasteiger partial charge in [-0.15, -0.1) is 0 Å². The molecule has 0 saturated carbocycles. The number of fused-ring (bicyclic) bond motifs is 1. The SMILES string of the molecule is Cc1nc2c(O)c(CCC(O)c3ccccc3F)c(C(=O)O)cn2c1C. The molecular weight excluding hydrogens is 339 g/mol. The Balaban J connectivity index is 1.99. The average Bonchev–Trinajstić information content (AvgIpc) is 2.89. The summed E-state index contributed by atoms with van der Waals surface area (Å²) in [4.78, 5) is 15.9. The highest BCUT2D eigenvalue weighted by molar-refractivity contribution is 5.91.